The molecule has 0 aliphatic rings. The fourth-order valence-corrected chi connectivity index (χ4v) is 3.05. The second-order valence-electron chi connectivity index (χ2n) is 2.67. The van der Waals surface area contributed by atoms with Gasteiger partial charge in [0, 0.05) is 5.39 Å². The lowest BCUT2D eigenvalue weighted by Crippen LogP contribution is -1.94. The highest BCUT2D eigenvalue weighted by Crippen LogP contribution is 2.36. The minimum absolute atomic E-state index is 0.129. The number of benzene rings is 1. The van der Waals surface area contributed by atoms with E-state index in [2.05, 4.69) is 15.9 Å². The van der Waals surface area contributed by atoms with Crippen molar-refractivity contribution in [3.05, 3.63) is 33.4 Å². The van der Waals surface area contributed by atoms with Crippen LogP contribution in [-0.4, -0.2) is 11.1 Å². The first-order chi connectivity index (χ1) is 6.61. The molecule has 1 aromatic heterocycles. The van der Waals surface area contributed by atoms with E-state index in [1.807, 2.05) is 0 Å². The number of rotatable bonds is 1. The van der Waals surface area contributed by atoms with E-state index >= 15 is 0 Å². The summed E-state index contributed by atoms with van der Waals surface area (Å²) in [4.78, 5) is 10.9. The van der Waals surface area contributed by atoms with Crippen molar-refractivity contribution in [2.45, 2.75) is 0 Å². The van der Waals surface area contributed by atoms with Crippen LogP contribution in [0.25, 0.3) is 10.1 Å². The van der Waals surface area contributed by atoms with Crippen LogP contribution in [0, 0.1) is 5.82 Å². The highest BCUT2D eigenvalue weighted by atomic mass is 79.9. The molecule has 0 aliphatic carbocycles. The van der Waals surface area contributed by atoms with Crippen molar-refractivity contribution in [2.75, 3.05) is 0 Å². The maximum atomic E-state index is 13.2. The van der Waals surface area contributed by atoms with Crippen molar-refractivity contribution in [2.24, 2.45) is 0 Å². The minimum Gasteiger partial charge on any atom is -0.478 e. The highest BCUT2D eigenvalue weighted by Gasteiger charge is 2.17. The fraction of sp³-hybridized carbons (Fsp3) is 0. The predicted molar refractivity (Wildman–Crippen MR) is 56.4 cm³/mol. The summed E-state index contributed by atoms with van der Waals surface area (Å²) >= 11 is 4.21. The summed E-state index contributed by atoms with van der Waals surface area (Å²) in [6.07, 6.45) is 0. The summed E-state index contributed by atoms with van der Waals surface area (Å²) in [5.41, 5.74) is 0.129. The van der Waals surface area contributed by atoms with Gasteiger partial charge in [0.25, 0.3) is 0 Å². The van der Waals surface area contributed by atoms with Crippen LogP contribution in [0.1, 0.15) is 10.4 Å². The molecule has 0 atom stereocenters. The molecule has 5 heteroatoms. The molecule has 0 spiro atoms. The van der Waals surface area contributed by atoms with E-state index in [4.69, 9.17) is 5.11 Å². The number of carboxylic acids is 1. The Morgan fingerprint density at radius 1 is 1.50 bits per heavy atom. The third-order valence-electron chi connectivity index (χ3n) is 1.84. The quantitative estimate of drug-likeness (QED) is 0.864. The Bertz CT molecular complexity index is 521. The van der Waals surface area contributed by atoms with Crippen molar-refractivity contribution >= 4 is 43.3 Å². The molecule has 0 amide bonds. The molecule has 2 rings (SSSR count). The monoisotopic (exact) mass is 274 g/mol. The molecular weight excluding hydrogens is 271 g/mol. The van der Waals surface area contributed by atoms with Gasteiger partial charge in [0.1, 0.15) is 5.82 Å². The molecule has 1 N–H and O–H groups in total. The predicted octanol–water partition coefficient (Wildman–Crippen LogP) is 3.50. The van der Waals surface area contributed by atoms with Gasteiger partial charge in [0.05, 0.1) is 14.0 Å². The normalized spacial score (nSPS) is 10.7. The Morgan fingerprint density at radius 3 is 2.86 bits per heavy atom. The summed E-state index contributed by atoms with van der Waals surface area (Å²) in [7, 11) is 0. The van der Waals surface area contributed by atoms with E-state index in [-0.39, 0.29) is 11.4 Å². The zero-order valence-corrected chi connectivity index (χ0v) is 9.15. The summed E-state index contributed by atoms with van der Waals surface area (Å²) in [5.74, 6) is -1.44. The average molecular weight is 275 g/mol. The molecule has 0 radical (unpaired) electrons. The van der Waals surface area contributed by atoms with Gasteiger partial charge in [-0.15, -0.1) is 11.3 Å². The van der Waals surface area contributed by atoms with Gasteiger partial charge in [-0.2, -0.15) is 0 Å². The minimum atomic E-state index is -1.05. The molecule has 0 bridgehead atoms. The van der Waals surface area contributed by atoms with Crippen LogP contribution in [0.3, 0.4) is 0 Å². The topological polar surface area (TPSA) is 37.3 Å². The smallest absolute Gasteiger partial charge is 0.338 e. The summed E-state index contributed by atoms with van der Waals surface area (Å²) in [6.45, 7) is 0. The molecule has 1 heterocycles. The Labute approximate surface area is 91.1 Å². The largest absolute Gasteiger partial charge is 0.478 e. The van der Waals surface area contributed by atoms with Crippen molar-refractivity contribution in [3.63, 3.8) is 0 Å². The van der Waals surface area contributed by atoms with Crippen LogP contribution in [0.2, 0.25) is 0 Å². The summed E-state index contributed by atoms with van der Waals surface area (Å²) in [6, 6.07) is 4.42. The second kappa shape index (κ2) is 3.33. The number of fused-ring (bicyclic) bond motifs is 1. The standard InChI is InChI=1S/C9H4BrFO2S/c10-8-6(9(12)13)4-2-1-3-5(11)7(4)14-8/h1-3H,(H,12,13). The van der Waals surface area contributed by atoms with E-state index in [1.165, 1.54) is 12.1 Å². The molecule has 0 saturated heterocycles. The van der Waals surface area contributed by atoms with E-state index in [1.54, 1.807) is 6.07 Å². The van der Waals surface area contributed by atoms with Crippen LogP contribution in [0.5, 0.6) is 0 Å². The average Bonchev–Trinajstić information content (AvgIpc) is 2.42. The number of hydrogen-bond donors (Lipinski definition) is 1. The van der Waals surface area contributed by atoms with Crippen LogP contribution < -0.4 is 0 Å². The molecule has 1 aromatic carbocycles. The van der Waals surface area contributed by atoms with E-state index < -0.39 is 5.97 Å². The Morgan fingerprint density at radius 2 is 2.21 bits per heavy atom. The third kappa shape index (κ3) is 1.33. The number of carbonyl (C=O) groups is 1. The van der Waals surface area contributed by atoms with E-state index in [0.29, 0.717) is 13.9 Å². The molecule has 2 nitrogen and oxygen atoms in total. The van der Waals surface area contributed by atoms with Gasteiger partial charge >= 0.3 is 5.97 Å². The highest BCUT2D eigenvalue weighted by molar-refractivity contribution is 9.11. The first-order valence-corrected chi connectivity index (χ1v) is 5.32. The molecule has 0 aliphatic heterocycles. The molecular formula is C9H4BrFO2S. The van der Waals surface area contributed by atoms with Crippen molar-refractivity contribution in [1.82, 2.24) is 0 Å². The SMILES string of the molecule is O=C(O)c1c(Br)sc2c(F)cccc12. The van der Waals surface area contributed by atoms with Crippen LogP contribution in [0.4, 0.5) is 4.39 Å². The molecule has 2 aromatic rings. The maximum Gasteiger partial charge on any atom is 0.338 e. The van der Waals surface area contributed by atoms with Crippen molar-refractivity contribution in [1.29, 1.82) is 0 Å². The first-order valence-electron chi connectivity index (χ1n) is 3.71. The zero-order valence-electron chi connectivity index (χ0n) is 6.75. The van der Waals surface area contributed by atoms with Gasteiger partial charge in [-0.3, -0.25) is 0 Å². The van der Waals surface area contributed by atoms with Crippen molar-refractivity contribution in [3.8, 4) is 0 Å². The lowest BCUT2D eigenvalue weighted by molar-refractivity contribution is 0.0698. The fourth-order valence-electron chi connectivity index (χ4n) is 1.26. The molecule has 0 fully saturated rings. The van der Waals surface area contributed by atoms with E-state index in [9.17, 15) is 9.18 Å². The van der Waals surface area contributed by atoms with Crippen LogP contribution >= 0.6 is 27.3 Å². The number of halogens is 2. The van der Waals surface area contributed by atoms with Gasteiger partial charge in [-0.1, -0.05) is 12.1 Å². The number of carboxylic acid groups (broad SMARTS) is 1. The number of aromatic carboxylic acids is 1. The van der Waals surface area contributed by atoms with Gasteiger partial charge in [0.2, 0.25) is 0 Å². The zero-order chi connectivity index (χ0) is 10.3. The Balaban J connectivity index is 2.90. The molecule has 0 unspecified atom stereocenters. The third-order valence-corrected chi connectivity index (χ3v) is 3.72. The first kappa shape index (κ1) is 9.61. The van der Waals surface area contributed by atoms with E-state index in [0.717, 1.165) is 11.3 Å². The second-order valence-corrected chi connectivity index (χ2v) is 5.01. The summed E-state index contributed by atoms with van der Waals surface area (Å²) < 4.78 is 14.1. The van der Waals surface area contributed by atoms with Gasteiger partial charge < -0.3 is 5.11 Å². The van der Waals surface area contributed by atoms with Crippen LogP contribution in [-0.2, 0) is 0 Å². The van der Waals surface area contributed by atoms with Gasteiger partial charge in [-0.25, -0.2) is 9.18 Å². The summed E-state index contributed by atoms with van der Waals surface area (Å²) in [5, 5.41) is 9.34. The molecule has 0 saturated carbocycles. The van der Waals surface area contributed by atoms with Crippen molar-refractivity contribution < 1.29 is 14.3 Å². The number of thiophene rings is 1. The Hall–Kier alpha value is -0.940. The number of hydrogen-bond acceptors (Lipinski definition) is 2. The lowest BCUT2D eigenvalue weighted by atomic mass is 10.2. The molecule has 72 valence electrons. The lowest BCUT2D eigenvalue weighted by Gasteiger charge is -1.92. The van der Waals surface area contributed by atoms with Gasteiger partial charge in [-0.05, 0) is 22.0 Å². The van der Waals surface area contributed by atoms with Gasteiger partial charge in [0.15, 0.2) is 0 Å². The maximum absolute atomic E-state index is 13.2. The molecule has 14 heavy (non-hydrogen) atoms. The Kier molecular flexibility index (Phi) is 2.28. The van der Waals surface area contributed by atoms with Crippen LogP contribution in [0.15, 0.2) is 22.0 Å².